The second kappa shape index (κ2) is 6.12. The van der Waals surface area contributed by atoms with Gasteiger partial charge in [-0.05, 0) is 24.3 Å². The molecule has 7 heteroatoms. The zero-order valence-electron chi connectivity index (χ0n) is 13.0. The lowest BCUT2D eigenvalue weighted by atomic mass is 10.1. The first-order chi connectivity index (χ1) is 11.1. The standard InChI is InChI=1S/C16H18N4O3/c1-19-8-7-14(18-19)17-16(22)11-9-15(21)20(10-11)12-3-5-13(23-2)6-4-12/h3-8,11H,9-10H2,1-2H3,(H,17,18,22). The topological polar surface area (TPSA) is 76.5 Å². The molecule has 23 heavy (non-hydrogen) atoms. The van der Waals surface area contributed by atoms with E-state index in [0.717, 1.165) is 11.4 Å². The molecule has 2 amide bonds. The molecular weight excluding hydrogens is 296 g/mol. The van der Waals surface area contributed by atoms with Crippen molar-refractivity contribution >= 4 is 23.3 Å². The van der Waals surface area contributed by atoms with E-state index in [2.05, 4.69) is 10.4 Å². The van der Waals surface area contributed by atoms with E-state index in [0.29, 0.717) is 12.4 Å². The van der Waals surface area contributed by atoms with E-state index in [-0.39, 0.29) is 24.2 Å². The Morgan fingerprint density at radius 1 is 1.30 bits per heavy atom. The molecule has 3 rings (SSSR count). The summed E-state index contributed by atoms with van der Waals surface area (Å²) in [5, 5.41) is 6.86. The maximum absolute atomic E-state index is 12.3. The van der Waals surface area contributed by atoms with Crippen molar-refractivity contribution in [1.82, 2.24) is 9.78 Å². The number of nitrogens with one attached hydrogen (secondary N) is 1. The predicted octanol–water partition coefficient (Wildman–Crippen LogP) is 1.42. The molecule has 1 aromatic heterocycles. The highest BCUT2D eigenvalue weighted by Gasteiger charge is 2.35. The van der Waals surface area contributed by atoms with E-state index in [1.165, 1.54) is 0 Å². The predicted molar refractivity (Wildman–Crippen MR) is 85.3 cm³/mol. The summed E-state index contributed by atoms with van der Waals surface area (Å²) < 4.78 is 6.72. The van der Waals surface area contributed by atoms with Gasteiger partial charge in [0.1, 0.15) is 5.75 Å². The molecule has 0 saturated carbocycles. The number of nitrogens with zero attached hydrogens (tertiary/aromatic N) is 3. The van der Waals surface area contributed by atoms with Gasteiger partial charge in [0.15, 0.2) is 5.82 Å². The van der Waals surface area contributed by atoms with E-state index < -0.39 is 0 Å². The van der Waals surface area contributed by atoms with E-state index in [4.69, 9.17) is 4.74 Å². The van der Waals surface area contributed by atoms with Crippen LogP contribution in [0.15, 0.2) is 36.5 Å². The summed E-state index contributed by atoms with van der Waals surface area (Å²) in [5.74, 6) is 0.591. The molecule has 0 spiro atoms. The van der Waals surface area contributed by atoms with Gasteiger partial charge in [0, 0.05) is 38.0 Å². The number of aryl methyl sites for hydroxylation is 1. The van der Waals surface area contributed by atoms with Gasteiger partial charge in [0.25, 0.3) is 0 Å². The number of amides is 2. The quantitative estimate of drug-likeness (QED) is 0.926. The second-order valence-electron chi connectivity index (χ2n) is 5.47. The van der Waals surface area contributed by atoms with Gasteiger partial charge in [-0.2, -0.15) is 5.10 Å². The highest BCUT2D eigenvalue weighted by molar-refractivity contribution is 6.03. The Kier molecular flexibility index (Phi) is 4.01. The minimum absolute atomic E-state index is 0.0589. The van der Waals surface area contributed by atoms with Crippen LogP contribution in [0.25, 0.3) is 0 Å². The Hall–Kier alpha value is -2.83. The van der Waals surface area contributed by atoms with Crippen molar-refractivity contribution in [3.63, 3.8) is 0 Å². The van der Waals surface area contributed by atoms with Crippen molar-refractivity contribution < 1.29 is 14.3 Å². The van der Waals surface area contributed by atoms with Crippen molar-refractivity contribution in [1.29, 1.82) is 0 Å². The molecule has 1 fully saturated rings. The van der Waals surface area contributed by atoms with E-state index in [1.807, 2.05) is 12.1 Å². The molecule has 1 unspecified atom stereocenters. The lowest BCUT2D eigenvalue weighted by Gasteiger charge is -2.16. The summed E-state index contributed by atoms with van der Waals surface area (Å²) >= 11 is 0. The van der Waals surface area contributed by atoms with Crippen LogP contribution in [-0.4, -0.2) is 35.2 Å². The number of rotatable bonds is 4. The van der Waals surface area contributed by atoms with Gasteiger partial charge >= 0.3 is 0 Å². The first kappa shape index (κ1) is 15.1. The minimum Gasteiger partial charge on any atom is -0.497 e. The van der Waals surface area contributed by atoms with Crippen LogP contribution in [0.5, 0.6) is 5.75 Å². The Morgan fingerprint density at radius 3 is 2.65 bits per heavy atom. The average molecular weight is 314 g/mol. The fourth-order valence-electron chi connectivity index (χ4n) is 2.60. The van der Waals surface area contributed by atoms with Crippen LogP contribution >= 0.6 is 0 Å². The largest absolute Gasteiger partial charge is 0.497 e. The Bertz CT molecular complexity index is 723. The van der Waals surface area contributed by atoms with Crippen molar-refractivity contribution in [2.75, 3.05) is 23.9 Å². The third-order valence-electron chi connectivity index (χ3n) is 3.84. The van der Waals surface area contributed by atoms with Crippen LogP contribution in [0.3, 0.4) is 0 Å². The minimum atomic E-state index is -0.383. The fourth-order valence-corrected chi connectivity index (χ4v) is 2.60. The molecular formula is C16H18N4O3. The number of ether oxygens (including phenoxy) is 1. The molecule has 2 aromatic rings. The molecule has 0 aliphatic carbocycles. The number of benzene rings is 1. The number of hydrogen-bond acceptors (Lipinski definition) is 4. The lowest BCUT2D eigenvalue weighted by molar-refractivity contribution is -0.122. The second-order valence-corrected chi connectivity index (χ2v) is 5.47. The summed E-state index contributed by atoms with van der Waals surface area (Å²) in [6, 6.07) is 8.94. The van der Waals surface area contributed by atoms with Gasteiger partial charge in [0.05, 0.1) is 13.0 Å². The van der Waals surface area contributed by atoms with Crippen LogP contribution in [-0.2, 0) is 16.6 Å². The van der Waals surface area contributed by atoms with Crippen molar-refractivity contribution in [3.05, 3.63) is 36.5 Å². The molecule has 120 valence electrons. The SMILES string of the molecule is COc1ccc(N2CC(C(=O)Nc3ccn(C)n3)CC2=O)cc1. The number of carbonyl (C=O) groups excluding carboxylic acids is 2. The third-order valence-corrected chi connectivity index (χ3v) is 3.84. The Labute approximate surface area is 133 Å². The number of hydrogen-bond donors (Lipinski definition) is 1. The summed E-state index contributed by atoms with van der Waals surface area (Å²) in [6.45, 7) is 0.365. The molecule has 0 radical (unpaired) electrons. The van der Waals surface area contributed by atoms with E-state index in [1.54, 1.807) is 48.1 Å². The first-order valence-corrected chi connectivity index (χ1v) is 7.32. The molecule has 1 aromatic carbocycles. The van der Waals surface area contributed by atoms with Gasteiger partial charge in [-0.1, -0.05) is 0 Å². The summed E-state index contributed by atoms with van der Waals surface area (Å²) in [4.78, 5) is 26.1. The van der Waals surface area contributed by atoms with Crippen LogP contribution in [0.2, 0.25) is 0 Å². The number of aromatic nitrogens is 2. The zero-order chi connectivity index (χ0) is 16.4. The maximum Gasteiger partial charge on any atom is 0.231 e. The molecule has 1 N–H and O–H groups in total. The molecule has 1 aliphatic heterocycles. The number of methoxy groups -OCH3 is 1. The van der Waals surface area contributed by atoms with Crippen LogP contribution in [0.1, 0.15) is 6.42 Å². The van der Waals surface area contributed by atoms with Crippen molar-refractivity contribution in [2.24, 2.45) is 13.0 Å². The van der Waals surface area contributed by atoms with Gasteiger partial charge in [-0.15, -0.1) is 0 Å². The Balaban J connectivity index is 1.67. The monoisotopic (exact) mass is 314 g/mol. The molecule has 1 aliphatic rings. The molecule has 1 saturated heterocycles. The van der Waals surface area contributed by atoms with Gasteiger partial charge in [0.2, 0.25) is 11.8 Å². The normalized spacial score (nSPS) is 17.4. The Morgan fingerprint density at radius 2 is 2.04 bits per heavy atom. The highest BCUT2D eigenvalue weighted by Crippen LogP contribution is 2.27. The van der Waals surface area contributed by atoms with Crippen LogP contribution in [0.4, 0.5) is 11.5 Å². The molecule has 2 heterocycles. The average Bonchev–Trinajstić information content (AvgIpc) is 3.13. The molecule has 0 bridgehead atoms. The molecule has 1 atom stereocenters. The smallest absolute Gasteiger partial charge is 0.231 e. The number of carbonyl (C=O) groups is 2. The van der Waals surface area contributed by atoms with Gasteiger partial charge in [-0.25, -0.2) is 0 Å². The zero-order valence-corrected chi connectivity index (χ0v) is 13.0. The molecule has 7 nitrogen and oxygen atoms in total. The number of anilines is 2. The van der Waals surface area contributed by atoms with Gasteiger partial charge in [-0.3, -0.25) is 14.3 Å². The van der Waals surface area contributed by atoms with Crippen molar-refractivity contribution in [3.8, 4) is 5.75 Å². The summed E-state index contributed by atoms with van der Waals surface area (Å²) in [6.07, 6.45) is 1.95. The first-order valence-electron chi connectivity index (χ1n) is 7.32. The maximum atomic E-state index is 12.3. The van der Waals surface area contributed by atoms with Crippen LogP contribution < -0.4 is 15.0 Å². The van der Waals surface area contributed by atoms with Gasteiger partial charge < -0.3 is 15.0 Å². The van der Waals surface area contributed by atoms with Crippen molar-refractivity contribution in [2.45, 2.75) is 6.42 Å². The summed E-state index contributed by atoms with van der Waals surface area (Å²) in [5.41, 5.74) is 0.768. The lowest BCUT2D eigenvalue weighted by Crippen LogP contribution is -2.28. The highest BCUT2D eigenvalue weighted by atomic mass is 16.5. The van der Waals surface area contributed by atoms with E-state index in [9.17, 15) is 9.59 Å². The fraction of sp³-hybridized carbons (Fsp3) is 0.312. The summed E-state index contributed by atoms with van der Waals surface area (Å²) in [7, 11) is 3.37. The van der Waals surface area contributed by atoms with Crippen LogP contribution in [0, 0.1) is 5.92 Å². The van der Waals surface area contributed by atoms with E-state index >= 15 is 0 Å². The third kappa shape index (κ3) is 3.18.